The maximum absolute atomic E-state index is 11.4. The molecule has 70 heavy (non-hydrogen) atoms. The van der Waals surface area contributed by atoms with Gasteiger partial charge in [-0.2, -0.15) is 0 Å². The van der Waals surface area contributed by atoms with Crippen molar-refractivity contribution in [2.24, 2.45) is 0 Å². The Labute approximate surface area is 408 Å². The predicted octanol–water partition coefficient (Wildman–Crippen LogP) is 14.9. The van der Waals surface area contributed by atoms with Crippen LogP contribution in [0.1, 0.15) is 12.8 Å². The van der Waals surface area contributed by atoms with Gasteiger partial charge in [0, 0.05) is 59.1 Å². The summed E-state index contributed by atoms with van der Waals surface area (Å²) in [7, 11) is 0. The first-order valence-corrected chi connectivity index (χ1v) is 22.9. The summed E-state index contributed by atoms with van der Waals surface area (Å²) in [5.41, 5.74) is 7.80. The molecule has 8 aromatic carbocycles. The fourth-order valence-corrected chi connectivity index (χ4v) is 7.42. The second-order valence-electron chi connectivity index (χ2n) is 15.7. The van der Waals surface area contributed by atoms with Gasteiger partial charge < -0.3 is 38.2 Å². The van der Waals surface area contributed by atoms with Crippen molar-refractivity contribution in [3.8, 4) is 45.6 Å². The predicted molar refractivity (Wildman–Crippen MR) is 277 cm³/mol. The van der Waals surface area contributed by atoms with E-state index < -0.39 is 11.9 Å². The summed E-state index contributed by atoms with van der Waals surface area (Å²) >= 11 is 0. The van der Waals surface area contributed by atoms with Crippen molar-refractivity contribution in [2.45, 2.75) is 12.8 Å². The van der Waals surface area contributed by atoms with Crippen LogP contribution in [0.5, 0.6) is 34.5 Å². The fourth-order valence-electron chi connectivity index (χ4n) is 7.42. The molecule has 0 aliphatic heterocycles. The van der Waals surface area contributed by atoms with Crippen LogP contribution in [-0.4, -0.2) is 38.4 Å². The number of esters is 2. The van der Waals surface area contributed by atoms with Gasteiger partial charge >= 0.3 is 11.9 Å². The van der Waals surface area contributed by atoms with Crippen LogP contribution in [0.25, 0.3) is 11.1 Å². The van der Waals surface area contributed by atoms with Crippen LogP contribution in [0.4, 0.5) is 34.1 Å². The van der Waals surface area contributed by atoms with E-state index in [1.165, 1.54) is 0 Å². The maximum Gasteiger partial charge on any atom is 0.330 e. The zero-order chi connectivity index (χ0) is 48.3. The second kappa shape index (κ2) is 24.1. The number of rotatable bonds is 23. The molecule has 0 N–H and O–H groups in total. The van der Waals surface area contributed by atoms with E-state index in [0.717, 1.165) is 80.4 Å². The number of carbonyl (C=O) groups is 2. The zero-order valence-electron chi connectivity index (χ0n) is 38.6. The first-order chi connectivity index (χ1) is 34.4. The van der Waals surface area contributed by atoms with Crippen LogP contribution in [0, 0.1) is 0 Å². The monoisotopic (exact) mass is 928 g/mol. The minimum absolute atomic E-state index is 0.256. The van der Waals surface area contributed by atoms with Crippen LogP contribution in [0.3, 0.4) is 0 Å². The lowest BCUT2D eigenvalue weighted by Crippen LogP contribution is -2.10. The van der Waals surface area contributed by atoms with E-state index in [0.29, 0.717) is 37.6 Å². The van der Waals surface area contributed by atoms with Gasteiger partial charge in [0.2, 0.25) is 0 Å². The van der Waals surface area contributed by atoms with Crippen molar-refractivity contribution in [3.63, 3.8) is 0 Å². The van der Waals surface area contributed by atoms with E-state index >= 15 is 0 Å². The lowest BCUT2D eigenvalue weighted by molar-refractivity contribution is -0.138. The van der Waals surface area contributed by atoms with Gasteiger partial charge in [0.25, 0.3) is 0 Å². The number of para-hydroxylation sites is 2. The van der Waals surface area contributed by atoms with Gasteiger partial charge in [-0.1, -0.05) is 73.8 Å². The van der Waals surface area contributed by atoms with Crippen LogP contribution in [0.2, 0.25) is 0 Å². The maximum atomic E-state index is 11.4. The zero-order valence-corrected chi connectivity index (χ0v) is 38.6. The van der Waals surface area contributed by atoms with Crippen molar-refractivity contribution >= 4 is 46.1 Å². The highest BCUT2D eigenvalue weighted by atomic mass is 16.5. The number of benzene rings is 8. The molecule has 8 rings (SSSR count). The molecule has 350 valence electrons. The van der Waals surface area contributed by atoms with E-state index in [9.17, 15) is 9.59 Å². The van der Waals surface area contributed by atoms with Gasteiger partial charge in [-0.3, -0.25) is 0 Å². The van der Waals surface area contributed by atoms with E-state index in [1.807, 2.05) is 158 Å². The quantitative estimate of drug-likeness (QED) is 0.0350. The highest BCUT2D eigenvalue weighted by Gasteiger charge is 2.16. The van der Waals surface area contributed by atoms with E-state index in [-0.39, 0.29) is 13.2 Å². The Hall–Kier alpha value is -9.02. The molecule has 0 aliphatic carbocycles. The molecule has 0 spiro atoms. The molecule has 10 nitrogen and oxygen atoms in total. The van der Waals surface area contributed by atoms with Crippen LogP contribution >= 0.6 is 0 Å². The summed E-state index contributed by atoms with van der Waals surface area (Å²) in [6.45, 7) is 8.18. The Bertz CT molecular complexity index is 2710. The minimum atomic E-state index is -0.447. The molecule has 0 amide bonds. The van der Waals surface area contributed by atoms with Crippen molar-refractivity contribution < 1.29 is 38.0 Å². The Morgan fingerprint density at radius 2 is 0.614 bits per heavy atom. The van der Waals surface area contributed by atoms with Gasteiger partial charge in [-0.05, 0) is 157 Å². The largest absolute Gasteiger partial charge is 0.493 e. The molecule has 0 radical (unpaired) electrons. The number of ether oxygens (including phenoxy) is 6. The molecule has 0 atom stereocenters. The van der Waals surface area contributed by atoms with Gasteiger partial charge in [0.15, 0.2) is 0 Å². The molecule has 0 heterocycles. The Kier molecular flexibility index (Phi) is 16.4. The summed E-state index contributed by atoms with van der Waals surface area (Å²) < 4.78 is 34.3. The molecule has 0 unspecified atom stereocenters. The van der Waals surface area contributed by atoms with Gasteiger partial charge in [-0.25, -0.2) is 9.59 Å². The third-order valence-electron chi connectivity index (χ3n) is 10.9. The van der Waals surface area contributed by atoms with Crippen LogP contribution < -0.4 is 28.7 Å². The third-order valence-corrected chi connectivity index (χ3v) is 10.9. The molecule has 0 fully saturated rings. The smallest absolute Gasteiger partial charge is 0.330 e. The Morgan fingerprint density at radius 3 is 0.914 bits per heavy atom. The fraction of sp³-hybridized carbons (Fsp3) is 0.100. The molecule has 10 heteroatoms. The standard InChI is InChI=1S/C60H52N2O8/c1-3-59(63)67-43-11-41-65-53-33-25-49(26-34-53)61(51-29-37-57(38-30-51)69-55-13-7-5-8-14-55)47-21-17-45(18-22-47)46-19-23-48(24-20-46)62(52-31-39-58(40-32-52)70-56-15-9-6-10-16-56)50-27-35-54(36-28-50)66-42-12-44-68-60(64)4-2/h3-10,13-40H,1-2,11-12,41-44H2. The molecule has 0 saturated heterocycles. The average Bonchev–Trinajstić information content (AvgIpc) is 3.41. The Morgan fingerprint density at radius 1 is 0.343 bits per heavy atom. The molecule has 0 saturated carbocycles. The van der Waals surface area contributed by atoms with Gasteiger partial charge in [0.05, 0.1) is 26.4 Å². The molecular weight excluding hydrogens is 877 g/mol. The number of carbonyl (C=O) groups excluding carboxylic acids is 2. The lowest BCUT2D eigenvalue weighted by atomic mass is 10.0. The second-order valence-corrected chi connectivity index (χ2v) is 15.7. The lowest BCUT2D eigenvalue weighted by Gasteiger charge is -2.26. The molecule has 0 aromatic heterocycles. The van der Waals surface area contributed by atoms with Crippen molar-refractivity contribution in [1.29, 1.82) is 0 Å². The van der Waals surface area contributed by atoms with E-state index in [1.54, 1.807) is 0 Å². The van der Waals surface area contributed by atoms with Gasteiger partial charge in [-0.15, -0.1) is 0 Å². The first-order valence-electron chi connectivity index (χ1n) is 22.9. The third kappa shape index (κ3) is 13.1. The summed E-state index contributed by atoms with van der Waals surface area (Å²) in [5.74, 6) is 3.51. The molecule has 8 aromatic rings. The van der Waals surface area contributed by atoms with Crippen molar-refractivity contribution in [3.05, 3.63) is 232 Å². The Balaban J connectivity index is 1.02. The average molecular weight is 929 g/mol. The summed E-state index contributed by atoms with van der Waals surface area (Å²) in [6, 6.07) is 68.3. The first kappa shape index (κ1) is 47.5. The number of nitrogens with zero attached hydrogens (tertiary/aromatic N) is 2. The normalized spacial score (nSPS) is 10.6. The summed E-state index contributed by atoms with van der Waals surface area (Å²) in [4.78, 5) is 27.1. The number of hydrogen-bond acceptors (Lipinski definition) is 10. The molecule has 0 aliphatic rings. The topological polar surface area (TPSA) is 96.0 Å². The van der Waals surface area contributed by atoms with Crippen molar-refractivity contribution in [2.75, 3.05) is 36.2 Å². The van der Waals surface area contributed by atoms with Crippen LogP contribution in [0.15, 0.2) is 232 Å². The highest BCUT2D eigenvalue weighted by molar-refractivity contribution is 5.82. The number of hydrogen-bond donors (Lipinski definition) is 0. The number of anilines is 6. The summed E-state index contributed by atoms with van der Waals surface area (Å²) in [6.07, 6.45) is 3.42. The molecular formula is C60H52N2O8. The molecule has 0 bridgehead atoms. The SMILES string of the molecule is C=CC(=O)OCCCOc1ccc(N(c2ccc(Oc3ccccc3)cc2)c2ccc(-c3ccc(N(c4ccc(OCCCOC(=O)C=C)cc4)c4ccc(Oc5ccccc5)cc4)cc3)cc2)cc1. The van der Waals surface area contributed by atoms with Crippen molar-refractivity contribution in [1.82, 2.24) is 0 Å². The van der Waals surface area contributed by atoms with E-state index in [2.05, 4.69) is 71.5 Å². The minimum Gasteiger partial charge on any atom is -0.493 e. The van der Waals surface area contributed by atoms with E-state index in [4.69, 9.17) is 28.4 Å². The highest BCUT2D eigenvalue weighted by Crippen LogP contribution is 2.40. The van der Waals surface area contributed by atoms with Crippen LogP contribution in [-0.2, 0) is 19.1 Å². The summed E-state index contributed by atoms with van der Waals surface area (Å²) in [5, 5.41) is 0. The van der Waals surface area contributed by atoms with Gasteiger partial charge in [0.1, 0.15) is 34.5 Å².